The number of rotatable bonds is 4. The number of carbonyl (C=O) groups excluding carboxylic acids is 1. The summed E-state index contributed by atoms with van der Waals surface area (Å²) in [6, 6.07) is 19.8. The van der Waals surface area contributed by atoms with Gasteiger partial charge in [-0.2, -0.15) is 4.31 Å². The molecule has 0 atom stereocenters. The van der Waals surface area contributed by atoms with Gasteiger partial charge in [0.1, 0.15) is 0 Å². The first kappa shape index (κ1) is 19.6. The molecule has 1 saturated heterocycles. The molecule has 1 fully saturated rings. The zero-order valence-corrected chi connectivity index (χ0v) is 17.2. The maximum Gasteiger partial charge on any atom is 0.255 e. The third kappa shape index (κ3) is 4.04. The zero-order chi connectivity index (χ0) is 20.4. The van der Waals surface area contributed by atoms with E-state index in [9.17, 15) is 13.2 Å². The summed E-state index contributed by atoms with van der Waals surface area (Å²) < 4.78 is 27.2. The lowest BCUT2D eigenvalue weighted by Crippen LogP contribution is -2.37. The van der Waals surface area contributed by atoms with Gasteiger partial charge < -0.3 is 5.32 Å². The number of carbonyl (C=O) groups is 1. The molecule has 150 valence electrons. The average Bonchev–Trinajstić information content (AvgIpc) is 2.74. The van der Waals surface area contributed by atoms with Crippen molar-refractivity contribution in [2.75, 3.05) is 18.4 Å². The first-order valence-electron chi connectivity index (χ1n) is 9.84. The number of benzene rings is 3. The second kappa shape index (κ2) is 7.97. The second-order valence-electron chi connectivity index (χ2n) is 7.59. The minimum Gasteiger partial charge on any atom is -0.321 e. The van der Waals surface area contributed by atoms with Crippen LogP contribution in [0.5, 0.6) is 0 Å². The van der Waals surface area contributed by atoms with Crippen molar-refractivity contribution in [1.82, 2.24) is 4.31 Å². The molecule has 0 aliphatic carbocycles. The van der Waals surface area contributed by atoms with Gasteiger partial charge in [0.05, 0.1) is 4.90 Å². The van der Waals surface area contributed by atoms with Crippen LogP contribution < -0.4 is 5.32 Å². The molecule has 0 radical (unpaired) electrons. The van der Waals surface area contributed by atoms with Crippen LogP contribution in [-0.4, -0.2) is 31.7 Å². The molecule has 1 amide bonds. The molecule has 0 spiro atoms. The van der Waals surface area contributed by atoms with Gasteiger partial charge in [-0.1, -0.05) is 43.3 Å². The van der Waals surface area contributed by atoms with Crippen LogP contribution in [0.3, 0.4) is 0 Å². The highest BCUT2D eigenvalue weighted by molar-refractivity contribution is 7.89. The SMILES string of the molecule is CC1CCN(S(=O)(=O)c2ccc(C(=O)Nc3cccc4ccccc34)cc2)CC1. The Bertz CT molecular complexity index is 1130. The van der Waals surface area contributed by atoms with Crippen LogP contribution in [0.1, 0.15) is 30.1 Å². The van der Waals surface area contributed by atoms with E-state index in [1.807, 2.05) is 42.5 Å². The monoisotopic (exact) mass is 408 g/mol. The van der Waals surface area contributed by atoms with Gasteiger partial charge in [0.25, 0.3) is 5.91 Å². The fourth-order valence-corrected chi connectivity index (χ4v) is 5.15. The quantitative estimate of drug-likeness (QED) is 0.691. The molecular formula is C23H24N2O3S. The Balaban J connectivity index is 1.52. The lowest BCUT2D eigenvalue weighted by atomic mass is 10.0. The summed E-state index contributed by atoms with van der Waals surface area (Å²) in [5.74, 6) is 0.290. The van der Waals surface area contributed by atoms with Crippen molar-refractivity contribution in [3.8, 4) is 0 Å². The zero-order valence-electron chi connectivity index (χ0n) is 16.3. The highest BCUT2D eigenvalue weighted by Gasteiger charge is 2.28. The van der Waals surface area contributed by atoms with E-state index in [-0.39, 0.29) is 10.8 Å². The molecule has 29 heavy (non-hydrogen) atoms. The van der Waals surface area contributed by atoms with Crippen molar-refractivity contribution in [3.63, 3.8) is 0 Å². The van der Waals surface area contributed by atoms with E-state index in [1.54, 1.807) is 12.1 Å². The van der Waals surface area contributed by atoms with E-state index in [1.165, 1.54) is 16.4 Å². The van der Waals surface area contributed by atoms with Crippen molar-refractivity contribution in [3.05, 3.63) is 72.3 Å². The molecule has 0 saturated carbocycles. The number of fused-ring (bicyclic) bond motifs is 1. The van der Waals surface area contributed by atoms with E-state index < -0.39 is 10.0 Å². The fourth-order valence-electron chi connectivity index (χ4n) is 3.68. The molecule has 1 aliphatic rings. The molecule has 4 rings (SSSR count). The Morgan fingerprint density at radius 2 is 1.59 bits per heavy atom. The maximum atomic E-state index is 12.8. The number of piperidine rings is 1. The molecule has 1 N–H and O–H groups in total. The smallest absolute Gasteiger partial charge is 0.255 e. The van der Waals surface area contributed by atoms with E-state index in [4.69, 9.17) is 0 Å². The summed E-state index contributed by atoms with van der Waals surface area (Å²) in [7, 11) is -3.51. The van der Waals surface area contributed by atoms with E-state index in [2.05, 4.69) is 12.2 Å². The van der Waals surface area contributed by atoms with E-state index in [0.29, 0.717) is 24.6 Å². The molecular weight excluding hydrogens is 384 g/mol. The number of nitrogens with zero attached hydrogens (tertiary/aromatic N) is 1. The van der Waals surface area contributed by atoms with Crippen molar-refractivity contribution in [2.24, 2.45) is 5.92 Å². The van der Waals surface area contributed by atoms with Gasteiger partial charge in [-0.15, -0.1) is 0 Å². The topological polar surface area (TPSA) is 66.5 Å². The van der Waals surface area contributed by atoms with Gasteiger partial charge >= 0.3 is 0 Å². The normalized spacial score (nSPS) is 16.0. The molecule has 5 nitrogen and oxygen atoms in total. The number of hydrogen-bond acceptors (Lipinski definition) is 3. The fraction of sp³-hybridized carbons (Fsp3) is 0.261. The van der Waals surface area contributed by atoms with Crippen molar-refractivity contribution >= 4 is 32.4 Å². The number of sulfonamides is 1. The first-order valence-corrected chi connectivity index (χ1v) is 11.3. The van der Waals surface area contributed by atoms with Gasteiger partial charge in [0, 0.05) is 29.7 Å². The predicted molar refractivity (Wildman–Crippen MR) is 116 cm³/mol. The highest BCUT2D eigenvalue weighted by atomic mass is 32.2. The highest BCUT2D eigenvalue weighted by Crippen LogP contribution is 2.25. The molecule has 0 bridgehead atoms. The van der Waals surface area contributed by atoms with Gasteiger partial charge in [0.15, 0.2) is 0 Å². The van der Waals surface area contributed by atoms with Crippen LogP contribution in [0.25, 0.3) is 10.8 Å². The van der Waals surface area contributed by atoms with Gasteiger partial charge in [-0.05, 0) is 54.5 Å². The van der Waals surface area contributed by atoms with Crippen molar-refractivity contribution in [2.45, 2.75) is 24.7 Å². The number of anilines is 1. The lowest BCUT2D eigenvalue weighted by molar-refractivity contribution is 0.102. The molecule has 3 aromatic rings. The number of amides is 1. The number of hydrogen-bond donors (Lipinski definition) is 1. The Hall–Kier alpha value is -2.70. The van der Waals surface area contributed by atoms with Crippen LogP contribution >= 0.6 is 0 Å². The number of nitrogens with one attached hydrogen (secondary N) is 1. The largest absolute Gasteiger partial charge is 0.321 e. The van der Waals surface area contributed by atoms with Crippen LogP contribution in [0.2, 0.25) is 0 Å². The lowest BCUT2D eigenvalue weighted by Gasteiger charge is -2.29. The minimum absolute atomic E-state index is 0.230. The Labute approximate surface area is 171 Å². The van der Waals surface area contributed by atoms with Gasteiger partial charge in [-0.3, -0.25) is 4.79 Å². The van der Waals surface area contributed by atoms with Crippen molar-refractivity contribution < 1.29 is 13.2 Å². The molecule has 1 aliphatic heterocycles. The first-order chi connectivity index (χ1) is 13.9. The van der Waals surface area contributed by atoms with Crippen LogP contribution in [0.15, 0.2) is 71.6 Å². The molecule has 3 aromatic carbocycles. The standard InChI is InChI=1S/C23H24N2O3S/c1-17-13-15-25(16-14-17)29(27,28)20-11-9-19(10-12-20)23(26)24-22-8-4-6-18-5-2-3-7-21(18)22/h2-12,17H,13-16H2,1H3,(H,24,26). The summed E-state index contributed by atoms with van der Waals surface area (Å²) >= 11 is 0. The van der Waals surface area contributed by atoms with E-state index >= 15 is 0 Å². The van der Waals surface area contributed by atoms with Crippen LogP contribution in [-0.2, 0) is 10.0 Å². The Morgan fingerprint density at radius 1 is 0.931 bits per heavy atom. The maximum absolute atomic E-state index is 12.8. The van der Waals surface area contributed by atoms with Gasteiger partial charge in [-0.25, -0.2) is 8.42 Å². The summed E-state index contributed by atoms with van der Waals surface area (Å²) in [6.07, 6.45) is 1.76. The van der Waals surface area contributed by atoms with Crippen LogP contribution in [0, 0.1) is 5.92 Å². The summed E-state index contributed by atoms with van der Waals surface area (Å²) in [5, 5.41) is 4.93. The molecule has 0 unspecified atom stereocenters. The molecule has 1 heterocycles. The third-order valence-electron chi connectivity index (χ3n) is 5.53. The summed E-state index contributed by atoms with van der Waals surface area (Å²) in [6.45, 7) is 3.24. The minimum atomic E-state index is -3.51. The second-order valence-corrected chi connectivity index (χ2v) is 9.53. The van der Waals surface area contributed by atoms with Crippen molar-refractivity contribution in [1.29, 1.82) is 0 Å². The van der Waals surface area contributed by atoms with Gasteiger partial charge in [0.2, 0.25) is 10.0 Å². The van der Waals surface area contributed by atoms with Crippen LogP contribution in [0.4, 0.5) is 5.69 Å². The summed E-state index contributed by atoms with van der Waals surface area (Å²) in [5.41, 5.74) is 1.15. The predicted octanol–water partition coefficient (Wildman–Crippen LogP) is 4.51. The molecule has 6 heteroatoms. The molecule has 0 aromatic heterocycles. The summed E-state index contributed by atoms with van der Waals surface area (Å²) in [4.78, 5) is 12.9. The Morgan fingerprint density at radius 3 is 2.31 bits per heavy atom. The van der Waals surface area contributed by atoms with E-state index in [0.717, 1.165) is 29.3 Å². The Kier molecular flexibility index (Phi) is 5.39. The third-order valence-corrected chi connectivity index (χ3v) is 7.45. The average molecular weight is 409 g/mol.